The zero-order valence-electron chi connectivity index (χ0n) is 15.5. The Morgan fingerprint density at radius 2 is 1.67 bits per heavy atom. The summed E-state index contributed by atoms with van der Waals surface area (Å²) in [5, 5.41) is 17.5. The summed E-state index contributed by atoms with van der Waals surface area (Å²) in [6, 6.07) is 8.26. The van der Waals surface area contributed by atoms with Crippen LogP contribution in [0.4, 0.5) is 10.7 Å². The van der Waals surface area contributed by atoms with Gasteiger partial charge in [-0.05, 0) is 47.9 Å². The Kier molecular flexibility index (Phi) is 7.55. The van der Waals surface area contributed by atoms with Crippen molar-refractivity contribution >= 4 is 39.8 Å². The second-order valence-electron chi connectivity index (χ2n) is 6.55. The maximum atomic E-state index is 12.0. The lowest BCUT2D eigenvalue weighted by atomic mass is 10.1. The molecule has 1 aromatic heterocycles. The minimum absolute atomic E-state index is 0.0574. The lowest BCUT2D eigenvalue weighted by Gasteiger charge is -2.08. The van der Waals surface area contributed by atoms with Gasteiger partial charge in [-0.15, -0.1) is 11.3 Å². The average molecular weight is 388 g/mol. The minimum atomic E-state index is -1.09. The third-order valence-electron chi connectivity index (χ3n) is 4.04. The number of nitrogens with one attached hydrogen (secondary N) is 2. The van der Waals surface area contributed by atoms with E-state index in [0.29, 0.717) is 25.2 Å². The van der Waals surface area contributed by atoms with Gasteiger partial charge in [0, 0.05) is 12.8 Å². The van der Waals surface area contributed by atoms with Crippen molar-refractivity contribution in [1.29, 1.82) is 0 Å². The second-order valence-corrected chi connectivity index (χ2v) is 7.46. The fourth-order valence-electron chi connectivity index (χ4n) is 2.48. The van der Waals surface area contributed by atoms with Crippen LogP contribution in [0.25, 0.3) is 0 Å². The molecule has 0 aliphatic heterocycles. The van der Waals surface area contributed by atoms with Crippen molar-refractivity contribution in [2.24, 2.45) is 0 Å². The summed E-state index contributed by atoms with van der Waals surface area (Å²) in [5.74, 6) is -0.985. The topological polar surface area (TPSA) is 95.5 Å². The van der Waals surface area contributed by atoms with E-state index in [0.717, 1.165) is 5.00 Å². The number of carboxylic acids is 1. The van der Waals surface area contributed by atoms with E-state index in [9.17, 15) is 14.4 Å². The molecule has 2 amide bonds. The number of benzene rings is 1. The van der Waals surface area contributed by atoms with Gasteiger partial charge in [0.2, 0.25) is 11.8 Å². The highest BCUT2D eigenvalue weighted by Gasteiger charge is 2.12. The number of hydrogen-bond donors (Lipinski definition) is 3. The van der Waals surface area contributed by atoms with Gasteiger partial charge in [-0.3, -0.25) is 9.59 Å². The zero-order chi connectivity index (χ0) is 19.8. The van der Waals surface area contributed by atoms with E-state index >= 15 is 0 Å². The summed E-state index contributed by atoms with van der Waals surface area (Å²) >= 11 is 1.51. The molecule has 144 valence electrons. The Balaban J connectivity index is 1.71. The summed E-state index contributed by atoms with van der Waals surface area (Å²) < 4.78 is 0. The first kappa shape index (κ1) is 20.6. The van der Waals surface area contributed by atoms with Crippen LogP contribution >= 0.6 is 11.3 Å². The molecule has 0 radical (unpaired) electrons. The lowest BCUT2D eigenvalue weighted by molar-refractivity contribution is -0.118. The Bertz CT molecular complexity index is 814. The van der Waals surface area contributed by atoms with Crippen molar-refractivity contribution in [3.8, 4) is 0 Å². The van der Waals surface area contributed by atoms with Crippen molar-refractivity contribution in [3.05, 3.63) is 46.8 Å². The highest BCUT2D eigenvalue weighted by Crippen LogP contribution is 2.26. The number of hydrogen-bond acceptors (Lipinski definition) is 4. The number of rotatable bonds is 9. The fourth-order valence-corrected chi connectivity index (χ4v) is 3.46. The minimum Gasteiger partial charge on any atom is -0.478 e. The van der Waals surface area contributed by atoms with Gasteiger partial charge in [-0.2, -0.15) is 0 Å². The SMILES string of the molecule is CC(C)c1csc(NC(=O)CCCCC(=O)Nc2ccccc2C(=O)O)c1. The van der Waals surface area contributed by atoms with Gasteiger partial charge in [0.25, 0.3) is 0 Å². The number of thiophene rings is 1. The quantitative estimate of drug-likeness (QED) is 0.542. The van der Waals surface area contributed by atoms with Crippen LogP contribution in [0, 0.1) is 0 Å². The van der Waals surface area contributed by atoms with Crippen LogP contribution in [-0.2, 0) is 9.59 Å². The second kappa shape index (κ2) is 9.87. The Morgan fingerprint density at radius 3 is 2.26 bits per heavy atom. The van der Waals surface area contributed by atoms with Crippen molar-refractivity contribution in [1.82, 2.24) is 0 Å². The molecule has 0 aliphatic carbocycles. The molecule has 0 aliphatic rings. The summed E-state index contributed by atoms with van der Waals surface area (Å²) in [5.41, 5.74) is 1.54. The van der Waals surface area contributed by atoms with Crippen molar-refractivity contribution < 1.29 is 19.5 Å². The molecule has 6 nitrogen and oxygen atoms in total. The number of carbonyl (C=O) groups excluding carboxylic acids is 2. The van der Waals surface area contributed by atoms with Gasteiger partial charge in [0.1, 0.15) is 0 Å². The molecule has 0 unspecified atom stereocenters. The number of aromatic carboxylic acids is 1. The number of unbranched alkanes of at least 4 members (excludes halogenated alkanes) is 1. The maximum Gasteiger partial charge on any atom is 0.337 e. The number of anilines is 2. The molecule has 7 heteroatoms. The number of para-hydroxylation sites is 1. The summed E-state index contributed by atoms with van der Waals surface area (Å²) in [6.07, 6.45) is 1.71. The molecular formula is C20H24N2O4S. The Hall–Kier alpha value is -2.67. The van der Waals surface area contributed by atoms with Gasteiger partial charge in [0.15, 0.2) is 0 Å². The van der Waals surface area contributed by atoms with Crippen LogP contribution in [0.1, 0.15) is 61.4 Å². The molecule has 2 rings (SSSR count). The van der Waals surface area contributed by atoms with E-state index in [1.54, 1.807) is 18.2 Å². The van der Waals surface area contributed by atoms with Crippen molar-refractivity contribution in [2.45, 2.75) is 45.4 Å². The van der Waals surface area contributed by atoms with E-state index in [1.807, 2.05) is 11.4 Å². The first-order chi connectivity index (χ1) is 12.9. The molecule has 0 atom stereocenters. The van der Waals surface area contributed by atoms with E-state index in [-0.39, 0.29) is 29.5 Å². The summed E-state index contributed by atoms with van der Waals surface area (Å²) in [6.45, 7) is 4.21. The predicted molar refractivity (Wildman–Crippen MR) is 108 cm³/mol. The zero-order valence-corrected chi connectivity index (χ0v) is 16.3. The smallest absolute Gasteiger partial charge is 0.337 e. The van der Waals surface area contributed by atoms with E-state index in [1.165, 1.54) is 23.0 Å². The van der Waals surface area contributed by atoms with E-state index < -0.39 is 5.97 Å². The average Bonchev–Trinajstić information content (AvgIpc) is 3.08. The number of carbonyl (C=O) groups is 3. The largest absolute Gasteiger partial charge is 0.478 e. The third kappa shape index (κ3) is 6.53. The first-order valence-electron chi connectivity index (χ1n) is 8.87. The maximum absolute atomic E-state index is 12.0. The summed E-state index contributed by atoms with van der Waals surface area (Å²) in [4.78, 5) is 35.1. The lowest BCUT2D eigenvalue weighted by Crippen LogP contribution is -2.15. The molecule has 0 saturated carbocycles. The predicted octanol–water partition coefficient (Wildman–Crippen LogP) is 4.71. The highest BCUT2D eigenvalue weighted by atomic mass is 32.1. The van der Waals surface area contributed by atoms with Crippen LogP contribution in [0.3, 0.4) is 0 Å². The van der Waals surface area contributed by atoms with Gasteiger partial charge in [-0.1, -0.05) is 26.0 Å². The molecule has 1 aromatic carbocycles. The van der Waals surface area contributed by atoms with E-state index in [4.69, 9.17) is 5.11 Å². The van der Waals surface area contributed by atoms with E-state index in [2.05, 4.69) is 24.5 Å². The van der Waals surface area contributed by atoms with Crippen LogP contribution in [0.15, 0.2) is 35.7 Å². The number of carboxylic acid groups (broad SMARTS) is 1. The Morgan fingerprint density at radius 1 is 1.04 bits per heavy atom. The van der Waals surface area contributed by atoms with Gasteiger partial charge < -0.3 is 15.7 Å². The van der Waals surface area contributed by atoms with Crippen LogP contribution in [0.2, 0.25) is 0 Å². The molecule has 2 aromatic rings. The van der Waals surface area contributed by atoms with Crippen molar-refractivity contribution in [3.63, 3.8) is 0 Å². The molecule has 0 spiro atoms. The summed E-state index contributed by atoms with van der Waals surface area (Å²) in [7, 11) is 0. The molecular weight excluding hydrogens is 364 g/mol. The molecule has 1 heterocycles. The van der Waals surface area contributed by atoms with Crippen LogP contribution in [0.5, 0.6) is 0 Å². The molecule has 27 heavy (non-hydrogen) atoms. The highest BCUT2D eigenvalue weighted by molar-refractivity contribution is 7.14. The monoisotopic (exact) mass is 388 g/mol. The fraction of sp³-hybridized carbons (Fsp3) is 0.350. The standard InChI is InChI=1S/C20H24N2O4S/c1-13(2)14-11-19(27-12-14)22-18(24)10-6-5-9-17(23)21-16-8-4-3-7-15(16)20(25)26/h3-4,7-8,11-13H,5-6,9-10H2,1-2H3,(H,21,23)(H,22,24)(H,25,26). The van der Waals surface area contributed by atoms with Crippen molar-refractivity contribution in [2.75, 3.05) is 10.6 Å². The molecule has 0 bridgehead atoms. The molecule has 0 fully saturated rings. The molecule has 3 N–H and O–H groups in total. The first-order valence-corrected chi connectivity index (χ1v) is 9.75. The number of amides is 2. The van der Waals surface area contributed by atoms with Gasteiger partial charge in [-0.25, -0.2) is 4.79 Å². The third-order valence-corrected chi connectivity index (χ3v) is 4.90. The van der Waals surface area contributed by atoms with Gasteiger partial charge in [0.05, 0.1) is 16.3 Å². The Labute approximate surface area is 162 Å². The van der Waals surface area contributed by atoms with Crippen LogP contribution in [-0.4, -0.2) is 22.9 Å². The van der Waals surface area contributed by atoms with Gasteiger partial charge >= 0.3 is 5.97 Å². The molecule has 0 saturated heterocycles. The van der Waals surface area contributed by atoms with Crippen LogP contribution < -0.4 is 10.6 Å². The normalized spacial score (nSPS) is 10.6.